The smallest absolute Gasteiger partial charge is 0.0606 e. The number of nitrogens with zero attached hydrogens (tertiary/aromatic N) is 2. The summed E-state index contributed by atoms with van der Waals surface area (Å²) in [7, 11) is 0. The number of rotatable bonds is 0. The van der Waals surface area contributed by atoms with Crippen LogP contribution in [0.1, 0.15) is 12.8 Å². The fraction of sp³-hybridized carbons (Fsp3) is 0.667. The third-order valence-corrected chi connectivity index (χ3v) is 2.18. The van der Waals surface area contributed by atoms with Crippen LogP contribution < -0.4 is 5.73 Å². The van der Waals surface area contributed by atoms with E-state index in [0.717, 1.165) is 0 Å². The highest BCUT2D eigenvalue weighted by molar-refractivity contribution is 5.13. The largest absolute Gasteiger partial charge is 0.760 e. The molecule has 0 spiro atoms. The lowest BCUT2D eigenvalue weighted by molar-refractivity contribution is -0.232. The van der Waals surface area contributed by atoms with Crippen molar-refractivity contribution in [2.45, 2.75) is 24.9 Å². The Kier molecular flexibility index (Phi) is 1.78. The van der Waals surface area contributed by atoms with Crippen LogP contribution >= 0.6 is 0 Å². The molecule has 2 atom stereocenters. The van der Waals surface area contributed by atoms with Gasteiger partial charge in [0.05, 0.1) is 6.04 Å². The molecule has 68 valence electrons. The Balaban J connectivity index is 2.20. The minimum atomic E-state index is -0.531. The molecule has 6 heteroatoms. The van der Waals surface area contributed by atoms with Crippen LogP contribution in [0.2, 0.25) is 0 Å². The van der Waals surface area contributed by atoms with Gasteiger partial charge in [0.2, 0.25) is 0 Å². The molecule has 1 heterocycles. The summed E-state index contributed by atoms with van der Waals surface area (Å²) < 4.78 is 0. The predicted molar refractivity (Wildman–Crippen MR) is 40.6 cm³/mol. The van der Waals surface area contributed by atoms with Crippen molar-refractivity contribution in [1.29, 1.82) is 0 Å². The maximum absolute atomic E-state index is 10.9. The van der Waals surface area contributed by atoms with Crippen LogP contribution in [0.15, 0.2) is 11.8 Å². The van der Waals surface area contributed by atoms with E-state index in [9.17, 15) is 10.4 Å². The van der Waals surface area contributed by atoms with Crippen LogP contribution in [0.4, 0.5) is 0 Å². The molecule has 0 aromatic heterocycles. The molecule has 1 saturated heterocycles. The molecule has 0 aromatic rings. The normalized spacial score (nSPS) is 38.0. The molecule has 2 unspecified atom stereocenters. The Morgan fingerprint density at radius 1 is 1.50 bits per heavy atom. The zero-order valence-electron chi connectivity index (χ0n) is 6.34. The molecular weight excluding hydrogens is 162 g/mol. The Hall–Kier alpha value is -0.660. The molecule has 1 fully saturated rings. The van der Waals surface area contributed by atoms with Crippen LogP contribution in [-0.4, -0.2) is 22.5 Å². The van der Waals surface area contributed by atoms with E-state index in [1.165, 1.54) is 0 Å². The minimum absolute atomic E-state index is 0.295. The topological polar surface area (TPSA) is 87.8 Å². The van der Waals surface area contributed by atoms with Gasteiger partial charge in [-0.3, -0.25) is 0 Å². The monoisotopic (exact) mass is 171 g/mol. The van der Waals surface area contributed by atoms with Crippen LogP contribution in [-0.2, 0) is 4.94 Å². The maximum Gasteiger partial charge on any atom is 0.0606 e. The first-order valence-electron chi connectivity index (χ1n) is 3.75. The molecule has 1 aliphatic carbocycles. The van der Waals surface area contributed by atoms with Crippen molar-refractivity contribution in [3.05, 3.63) is 22.2 Å². The highest BCUT2D eigenvalue weighted by atomic mass is 17.1. The zero-order valence-corrected chi connectivity index (χ0v) is 6.34. The molecule has 2 aliphatic rings. The van der Waals surface area contributed by atoms with Crippen LogP contribution in [0.5, 0.6) is 0 Å². The third-order valence-electron chi connectivity index (χ3n) is 2.18. The van der Waals surface area contributed by atoms with Gasteiger partial charge >= 0.3 is 0 Å². The first-order valence-corrected chi connectivity index (χ1v) is 3.75. The van der Waals surface area contributed by atoms with Crippen molar-refractivity contribution in [2.24, 2.45) is 5.73 Å². The van der Waals surface area contributed by atoms with Gasteiger partial charge in [-0.05, 0) is 18.9 Å². The second-order valence-electron chi connectivity index (χ2n) is 2.99. The molecule has 0 saturated carbocycles. The number of hydrogen-bond donors (Lipinski definition) is 1. The Morgan fingerprint density at radius 2 is 2.25 bits per heavy atom. The van der Waals surface area contributed by atoms with E-state index in [1.54, 1.807) is 6.08 Å². The SMILES string of the molecule is NC1=CC2C(CC1)N([O-])ON2[O-]. The van der Waals surface area contributed by atoms with Gasteiger partial charge in [0.25, 0.3) is 0 Å². The van der Waals surface area contributed by atoms with Gasteiger partial charge in [0, 0.05) is 11.7 Å². The van der Waals surface area contributed by atoms with E-state index in [1.807, 2.05) is 0 Å². The number of allylic oxidation sites excluding steroid dienone is 1. The van der Waals surface area contributed by atoms with E-state index in [4.69, 9.17) is 5.73 Å². The van der Waals surface area contributed by atoms with Crippen LogP contribution in [0.3, 0.4) is 0 Å². The van der Waals surface area contributed by atoms with Crippen LogP contribution in [0, 0.1) is 10.4 Å². The second kappa shape index (κ2) is 2.68. The summed E-state index contributed by atoms with van der Waals surface area (Å²) in [6.45, 7) is 0. The van der Waals surface area contributed by atoms with Gasteiger partial charge < -0.3 is 16.1 Å². The van der Waals surface area contributed by atoms with Gasteiger partial charge in [0.15, 0.2) is 0 Å². The Bertz CT molecular complexity index is 220. The molecule has 1 aliphatic heterocycles. The number of hydrogen-bond acceptors (Lipinski definition) is 6. The molecule has 2 N–H and O–H groups in total. The summed E-state index contributed by atoms with van der Waals surface area (Å²) in [6.07, 6.45) is 2.81. The number of hydroxylamine groups is 4. The quantitative estimate of drug-likeness (QED) is 0.544. The Labute approximate surface area is 69.2 Å². The molecule has 6 nitrogen and oxygen atoms in total. The average Bonchev–Trinajstić information content (AvgIpc) is 2.28. The van der Waals surface area contributed by atoms with Gasteiger partial charge in [-0.25, -0.2) is 15.4 Å². The lowest BCUT2D eigenvalue weighted by Gasteiger charge is -2.30. The standard InChI is InChI=1S/C6H9N3O3/c7-4-1-2-5-6(3-4)9(11)12-8(5)10/h3,5-6H,1-2,7H2/q-2. The van der Waals surface area contributed by atoms with E-state index in [0.29, 0.717) is 29.0 Å². The van der Waals surface area contributed by atoms with Crippen molar-refractivity contribution < 1.29 is 4.94 Å². The highest BCUT2D eigenvalue weighted by Gasteiger charge is 2.33. The number of nitrogens with two attached hydrogens (primary N) is 1. The molecular formula is C6H9N3O3-2. The summed E-state index contributed by atoms with van der Waals surface area (Å²) >= 11 is 0. The molecule has 2 rings (SSSR count). The minimum Gasteiger partial charge on any atom is -0.760 e. The van der Waals surface area contributed by atoms with Crippen molar-refractivity contribution in [3.63, 3.8) is 0 Å². The molecule has 0 aromatic carbocycles. The fourth-order valence-electron chi connectivity index (χ4n) is 1.52. The first-order chi connectivity index (χ1) is 5.68. The molecule has 0 radical (unpaired) electrons. The number of fused-ring (bicyclic) bond motifs is 1. The van der Waals surface area contributed by atoms with E-state index in [-0.39, 0.29) is 0 Å². The molecule has 12 heavy (non-hydrogen) atoms. The van der Waals surface area contributed by atoms with Gasteiger partial charge in [-0.2, -0.15) is 0 Å². The summed E-state index contributed by atoms with van der Waals surface area (Å²) in [4.78, 5) is 4.31. The maximum atomic E-state index is 10.9. The van der Waals surface area contributed by atoms with Crippen molar-refractivity contribution in [1.82, 2.24) is 10.5 Å². The predicted octanol–water partition coefficient (Wildman–Crippen LogP) is -0.180. The van der Waals surface area contributed by atoms with Gasteiger partial charge in [-0.1, -0.05) is 0 Å². The third kappa shape index (κ3) is 1.10. The summed E-state index contributed by atoms with van der Waals surface area (Å²) in [5.41, 5.74) is 6.17. The lowest BCUT2D eigenvalue weighted by Crippen LogP contribution is -2.36. The highest BCUT2D eigenvalue weighted by Crippen LogP contribution is 2.29. The van der Waals surface area contributed by atoms with E-state index < -0.39 is 12.1 Å². The van der Waals surface area contributed by atoms with Crippen molar-refractivity contribution >= 4 is 0 Å². The van der Waals surface area contributed by atoms with Gasteiger partial charge in [-0.15, -0.1) is 0 Å². The second-order valence-corrected chi connectivity index (χ2v) is 2.99. The average molecular weight is 171 g/mol. The van der Waals surface area contributed by atoms with Crippen molar-refractivity contribution in [2.75, 3.05) is 0 Å². The fourth-order valence-corrected chi connectivity index (χ4v) is 1.52. The first kappa shape index (κ1) is 7.96. The van der Waals surface area contributed by atoms with Gasteiger partial charge in [0.1, 0.15) is 0 Å². The summed E-state index contributed by atoms with van der Waals surface area (Å²) in [5.74, 6) is 0. The lowest BCUT2D eigenvalue weighted by atomic mass is 9.96. The Morgan fingerprint density at radius 3 is 3.00 bits per heavy atom. The zero-order chi connectivity index (χ0) is 8.72. The molecule has 0 amide bonds. The van der Waals surface area contributed by atoms with Crippen molar-refractivity contribution in [3.8, 4) is 0 Å². The van der Waals surface area contributed by atoms with Crippen LogP contribution in [0.25, 0.3) is 0 Å². The summed E-state index contributed by atoms with van der Waals surface area (Å²) in [6, 6.07) is -0.925. The van der Waals surface area contributed by atoms with E-state index >= 15 is 0 Å². The van der Waals surface area contributed by atoms with E-state index in [2.05, 4.69) is 4.94 Å². The summed E-state index contributed by atoms with van der Waals surface area (Å²) in [5, 5.41) is 22.5. The molecule has 0 bridgehead atoms.